The smallest absolute Gasteiger partial charge is 0.119 e. The van der Waals surface area contributed by atoms with Crippen molar-refractivity contribution in [2.75, 3.05) is 14.1 Å². The topological polar surface area (TPSA) is 3.24 Å². The Labute approximate surface area is 92.5 Å². The number of hydrogen-bond acceptors (Lipinski definition) is 1. The molecule has 1 nitrogen and oxygen atoms in total. The summed E-state index contributed by atoms with van der Waals surface area (Å²) in [5.74, 6) is 0. The molecule has 0 aromatic heterocycles. The van der Waals surface area contributed by atoms with Crippen LogP contribution >= 0.6 is 0 Å². The van der Waals surface area contributed by atoms with Crippen molar-refractivity contribution in [2.45, 2.75) is 41.5 Å². The fourth-order valence-corrected chi connectivity index (χ4v) is 3.78. The monoisotopic (exact) mass is 213 g/mol. The zero-order valence-electron chi connectivity index (χ0n) is 11.2. The molecule has 0 aromatic rings. The predicted octanol–water partition coefficient (Wildman–Crippen LogP) is 2.61. The molecule has 0 aromatic carbocycles. The summed E-state index contributed by atoms with van der Waals surface area (Å²) in [5.41, 5.74) is 4.73. The largest absolute Gasteiger partial charge is 0.331 e. The van der Waals surface area contributed by atoms with Crippen LogP contribution in [0.15, 0.2) is 11.3 Å². The molecule has 0 aliphatic carbocycles. The Morgan fingerprint density at radius 3 is 1.50 bits per heavy atom. The van der Waals surface area contributed by atoms with Gasteiger partial charge in [0.2, 0.25) is 0 Å². The van der Waals surface area contributed by atoms with Gasteiger partial charge in [0.1, 0.15) is 9.68 Å². The summed E-state index contributed by atoms with van der Waals surface area (Å²) in [6.07, 6.45) is 0. The van der Waals surface area contributed by atoms with Crippen molar-refractivity contribution in [3.63, 3.8) is 0 Å². The van der Waals surface area contributed by atoms with Gasteiger partial charge in [-0.15, -0.1) is 0 Å². The van der Waals surface area contributed by atoms with Gasteiger partial charge in [0.25, 0.3) is 0 Å². The Balaban J connectivity index is 4.84. The lowest BCUT2D eigenvalue weighted by atomic mass is 9.73. The van der Waals surface area contributed by atoms with Crippen molar-refractivity contribution in [3.05, 3.63) is 11.3 Å². The summed E-state index contributed by atoms with van der Waals surface area (Å²) >= 11 is 0. The second kappa shape index (κ2) is 4.62. The van der Waals surface area contributed by atoms with Crippen LogP contribution in [-0.2, 0) is 0 Å². The SMILES string of the molecule is CN(C)[SiH2]C=C(C(C)(C)C)C(C)(C)C. The number of rotatable bonds is 2. The van der Waals surface area contributed by atoms with Crippen LogP contribution in [0.2, 0.25) is 0 Å². The van der Waals surface area contributed by atoms with E-state index in [1.54, 1.807) is 5.57 Å². The fourth-order valence-electron chi connectivity index (χ4n) is 2.01. The van der Waals surface area contributed by atoms with Gasteiger partial charge in [0.15, 0.2) is 0 Å². The molecule has 0 radical (unpaired) electrons. The van der Waals surface area contributed by atoms with Gasteiger partial charge in [-0.1, -0.05) is 52.8 Å². The van der Waals surface area contributed by atoms with Crippen molar-refractivity contribution < 1.29 is 0 Å². The van der Waals surface area contributed by atoms with Crippen molar-refractivity contribution in [1.82, 2.24) is 4.57 Å². The van der Waals surface area contributed by atoms with E-state index in [1.807, 2.05) is 0 Å². The molecule has 0 rings (SSSR count). The van der Waals surface area contributed by atoms with Crippen molar-refractivity contribution in [3.8, 4) is 0 Å². The molecule has 0 saturated heterocycles. The number of hydrogen-bond donors (Lipinski definition) is 0. The Morgan fingerprint density at radius 2 is 1.29 bits per heavy atom. The van der Waals surface area contributed by atoms with Gasteiger partial charge in [-0.3, -0.25) is 0 Å². The molecular weight excluding hydrogens is 186 g/mol. The molecule has 0 saturated carbocycles. The summed E-state index contributed by atoms with van der Waals surface area (Å²) in [7, 11) is 4.15. The Hall–Kier alpha value is -0.0831. The second-order valence-electron chi connectivity index (χ2n) is 6.38. The highest BCUT2D eigenvalue weighted by molar-refractivity contribution is 6.38. The maximum Gasteiger partial charge on any atom is 0.119 e. The lowest BCUT2D eigenvalue weighted by Gasteiger charge is -2.34. The van der Waals surface area contributed by atoms with Crippen LogP contribution in [0, 0.1) is 10.8 Å². The number of nitrogens with zero attached hydrogens (tertiary/aromatic N) is 1. The maximum absolute atomic E-state index is 2.51. The molecule has 0 N–H and O–H groups in total. The van der Waals surface area contributed by atoms with Gasteiger partial charge < -0.3 is 4.57 Å². The summed E-state index contributed by atoms with van der Waals surface area (Å²) < 4.78 is 2.34. The summed E-state index contributed by atoms with van der Waals surface area (Å²) in [4.78, 5) is 0. The minimum Gasteiger partial charge on any atom is -0.331 e. The fraction of sp³-hybridized carbons (Fsp3) is 0.833. The van der Waals surface area contributed by atoms with Gasteiger partial charge in [0, 0.05) is 0 Å². The van der Waals surface area contributed by atoms with Crippen molar-refractivity contribution >= 4 is 9.68 Å². The molecule has 0 aliphatic rings. The molecule has 14 heavy (non-hydrogen) atoms. The molecule has 0 aliphatic heterocycles. The lowest BCUT2D eigenvalue weighted by Crippen LogP contribution is -2.25. The predicted molar refractivity (Wildman–Crippen MR) is 69.2 cm³/mol. The molecule has 0 atom stereocenters. The van der Waals surface area contributed by atoms with E-state index < -0.39 is 0 Å². The Bertz CT molecular complexity index is 187. The first kappa shape index (κ1) is 13.9. The van der Waals surface area contributed by atoms with E-state index in [1.165, 1.54) is 0 Å². The highest BCUT2D eigenvalue weighted by atomic mass is 28.2. The third kappa shape index (κ3) is 4.96. The third-order valence-corrected chi connectivity index (χ3v) is 3.60. The highest BCUT2D eigenvalue weighted by Gasteiger charge is 2.27. The van der Waals surface area contributed by atoms with Gasteiger partial charge in [0.05, 0.1) is 0 Å². The standard InChI is InChI=1S/C12H27NSi/c1-11(2,3)10(12(4,5)6)9-14-13(7)8/h9H,14H2,1-8H3. The van der Waals surface area contributed by atoms with Crippen molar-refractivity contribution in [2.24, 2.45) is 10.8 Å². The van der Waals surface area contributed by atoms with E-state index in [9.17, 15) is 0 Å². The summed E-state index contributed by atoms with van der Waals surface area (Å²) in [6, 6.07) is 0. The average molecular weight is 213 g/mol. The molecule has 2 heteroatoms. The molecule has 0 fully saturated rings. The van der Waals surface area contributed by atoms with Crippen LogP contribution in [0.3, 0.4) is 0 Å². The van der Waals surface area contributed by atoms with Crippen molar-refractivity contribution in [1.29, 1.82) is 0 Å². The lowest BCUT2D eigenvalue weighted by molar-refractivity contribution is 0.363. The van der Waals surface area contributed by atoms with Crippen LogP contribution in [0.25, 0.3) is 0 Å². The van der Waals surface area contributed by atoms with Gasteiger partial charge in [-0.2, -0.15) is 0 Å². The van der Waals surface area contributed by atoms with Crippen LogP contribution in [0.4, 0.5) is 0 Å². The third-order valence-electron chi connectivity index (χ3n) is 2.28. The minimum atomic E-state index is -0.190. The van der Waals surface area contributed by atoms with Gasteiger partial charge >= 0.3 is 0 Å². The quantitative estimate of drug-likeness (QED) is 0.637. The maximum atomic E-state index is 2.51. The summed E-state index contributed by atoms with van der Waals surface area (Å²) in [6.45, 7) is 13.9. The second-order valence-corrected chi connectivity index (χ2v) is 8.42. The Morgan fingerprint density at radius 1 is 0.929 bits per heavy atom. The summed E-state index contributed by atoms with van der Waals surface area (Å²) in [5, 5.41) is 0. The normalized spacial score (nSPS) is 14.1. The molecule has 0 heterocycles. The highest BCUT2D eigenvalue weighted by Crippen LogP contribution is 2.38. The van der Waals surface area contributed by atoms with Gasteiger partial charge in [-0.25, -0.2) is 0 Å². The van der Waals surface area contributed by atoms with Gasteiger partial charge in [-0.05, 0) is 24.9 Å². The molecular formula is C12H27NSi. The molecule has 0 amide bonds. The zero-order valence-corrected chi connectivity index (χ0v) is 12.6. The van der Waals surface area contributed by atoms with E-state index in [-0.39, 0.29) is 9.68 Å². The van der Waals surface area contributed by atoms with E-state index in [0.29, 0.717) is 10.8 Å². The molecule has 84 valence electrons. The molecule has 0 spiro atoms. The van der Waals surface area contributed by atoms with Crippen LogP contribution in [0.1, 0.15) is 41.5 Å². The van der Waals surface area contributed by atoms with E-state index in [0.717, 1.165) is 0 Å². The van der Waals surface area contributed by atoms with E-state index in [2.05, 4.69) is 65.9 Å². The number of allylic oxidation sites excluding steroid dienone is 1. The molecule has 0 unspecified atom stereocenters. The van der Waals surface area contributed by atoms with Crippen LogP contribution in [0.5, 0.6) is 0 Å². The van der Waals surface area contributed by atoms with E-state index >= 15 is 0 Å². The zero-order chi connectivity index (χ0) is 11.6. The van der Waals surface area contributed by atoms with Crippen LogP contribution in [-0.4, -0.2) is 28.3 Å². The van der Waals surface area contributed by atoms with E-state index in [4.69, 9.17) is 0 Å². The average Bonchev–Trinajstić information content (AvgIpc) is 1.78. The molecule has 0 bridgehead atoms. The Kier molecular flexibility index (Phi) is 4.60. The first-order chi connectivity index (χ1) is 6.05. The minimum absolute atomic E-state index is 0.190. The van der Waals surface area contributed by atoms with Crippen LogP contribution < -0.4 is 0 Å². The first-order valence-electron chi connectivity index (χ1n) is 5.41. The first-order valence-corrected chi connectivity index (χ1v) is 6.86.